The molecule has 4 aliphatic heterocycles. The van der Waals surface area contributed by atoms with Crippen LogP contribution in [0.25, 0.3) is 0 Å². The van der Waals surface area contributed by atoms with Crippen LogP contribution in [-0.4, -0.2) is 76.7 Å². The fourth-order valence-corrected chi connectivity index (χ4v) is 8.70. The molecule has 0 aliphatic carbocycles. The van der Waals surface area contributed by atoms with Gasteiger partial charge in [0.2, 0.25) is 11.8 Å². The number of fused-ring (bicyclic) bond motifs is 2. The van der Waals surface area contributed by atoms with Crippen LogP contribution in [0.15, 0.2) is 71.2 Å². The minimum absolute atomic E-state index is 0.0898. The monoisotopic (exact) mass is 739 g/mol. The molecule has 1 spiro atoms. The summed E-state index contributed by atoms with van der Waals surface area (Å²) in [5, 5.41) is 13.8. The van der Waals surface area contributed by atoms with Crippen molar-refractivity contribution in [3.05, 3.63) is 87.4 Å². The van der Waals surface area contributed by atoms with E-state index in [1.54, 1.807) is 31.2 Å². The number of likely N-dealkylation sites (tertiary alicyclic amines) is 1. The summed E-state index contributed by atoms with van der Waals surface area (Å²) in [6, 6.07) is 11.9. The van der Waals surface area contributed by atoms with Gasteiger partial charge >= 0.3 is 5.97 Å². The SMILES string of the molecule is CC[C@@H](CO)N1C(=O)[C@H]2[C@@H]3C(=O)O[C@H](c4ccccc4)[C@@H](C)NC(=O)CC/C=C\CN(c4c(C)cccc4Cl)C(=O)[C@H]1[C@@]21C=C(Br)[C@@H]3O1. The van der Waals surface area contributed by atoms with Crippen LogP contribution in [-0.2, 0) is 28.7 Å². The number of benzene rings is 2. The number of anilines is 1. The zero-order valence-corrected chi connectivity index (χ0v) is 29.3. The lowest BCUT2D eigenvalue weighted by Crippen LogP contribution is -2.58. The van der Waals surface area contributed by atoms with E-state index in [2.05, 4.69) is 21.2 Å². The summed E-state index contributed by atoms with van der Waals surface area (Å²) < 4.78 is 13.4. The molecule has 254 valence electrons. The van der Waals surface area contributed by atoms with Crippen LogP contribution in [0, 0.1) is 18.8 Å². The van der Waals surface area contributed by atoms with Gasteiger partial charge in [-0.05, 0) is 50.0 Å². The molecule has 12 heteroatoms. The number of allylic oxidation sites excluding steroid dienone is 1. The van der Waals surface area contributed by atoms with E-state index in [1.165, 1.54) is 9.80 Å². The zero-order valence-electron chi connectivity index (χ0n) is 27.0. The van der Waals surface area contributed by atoms with Crippen LogP contribution in [0.4, 0.5) is 5.69 Å². The summed E-state index contributed by atoms with van der Waals surface area (Å²) in [6.07, 6.45) is 4.54. The van der Waals surface area contributed by atoms with Crippen molar-refractivity contribution in [3.8, 4) is 0 Å². The van der Waals surface area contributed by atoms with Gasteiger partial charge < -0.3 is 29.7 Å². The Morgan fingerprint density at radius 2 is 1.81 bits per heavy atom. The number of hydrogen-bond acceptors (Lipinski definition) is 7. The van der Waals surface area contributed by atoms with E-state index in [4.69, 9.17) is 21.1 Å². The molecule has 6 rings (SSSR count). The number of aliphatic hydroxyl groups excluding tert-OH is 1. The number of nitrogens with one attached hydrogen (secondary N) is 1. The highest BCUT2D eigenvalue weighted by atomic mass is 79.9. The first-order valence-electron chi connectivity index (χ1n) is 16.3. The minimum atomic E-state index is -1.53. The number of carbonyl (C=O) groups excluding carboxylic acids is 4. The predicted molar refractivity (Wildman–Crippen MR) is 183 cm³/mol. The number of rotatable bonds is 5. The number of aryl methyl sites for hydroxylation is 1. The van der Waals surface area contributed by atoms with Crippen molar-refractivity contribution in [2.75, 3.05) is 18.1 Å². The van der Waals surface area contributed by atoms with Gasteiger partial charge in [-0.15, -0.1) is 0 Å². The average molecular weight is 741 g/mol. The lowest BCUT2D eigenvalue weighted by molar-refractivity contribution is -0.161. The number of amides is 3. The number of hydrogen-bond donors (Lipinski definition) is 2. The van der Waals surface area contributed by atoms with Gasteiger partial charge in [-0.1, -0.05) is 89.1 Å². The average Bonchev–Trinajstić information content (AvgIpc) is 3.66. The molecule has 48 heavy (non-hydrogen) atoms. The van der Waals surface area contributed by atoms with Crippen molar-refractivity contribution < 1.29 is 33.8 Å². The van der Waals surface area contributed by atoms with Crippen molar-refractivity contribution in [1.82, 2.24) is 10.2 Å². The first kappa shape index (κ1) is 34.4. The van der Waals surface area contributed by atoms with Gasteiger partial charge in [0, 0.05) is 17.4 Å². The second-order valence-electron chi connectivity index (χ2n) is 12.8. The molecule has 10 nitrogen and oxygen atoms in total. The van der Waals surface area contributed by atoms with Crippen LogP contribution < -0.4 is 10.2 Å². The maximum atomic E-state index is 15.1. The van der Waals surface area contributed by atoms with E-state index in [0.29, 0.717) is 33.6 Å². The van der Waals surface area contributed by atoms with Crippen molar-refractivity contribution in [2.45, 2.75) is 76.0 Å². The first-order chi connectivity index (χ1) is 23.0. The van der Waals surface area contributed by atoms with Gasteiger partial charge in [-0.3, -0.25) is 19.2 Å². The van der Waals surface area contributed by atoms with E-state index in [0.717, 1.165) is 5.56 Å². The molecule has 4 heterocycles. The number of halogens is 2. The van der Waals surface area contributed by atoms with E-state index >= 15 is 4.79 Å². The number of para-hydroxylation sites is 1. The first-order valence-corrected chi connectivity index (χ1v) is 17.5. The van der Waals surface area contributed by atoms with Crippen LogP contribution in [0.2, 0.25) is 5.02 Å². The molecule has 0 saturated carbocycles. The minimum Gasteiger partial charge on any atom is -0.455 e. The van der Waals surface area contributed by atoms with Gasteiger partial charge in [0.05, 0.1) is 35.3 Å². The topological polar surface area (TPSA) is 125 Å². The fourth-order valence-electron chi connectivity index (χ4n) is 7.64. The highest BCUT2D eigenvalue weighted by molar-refractivity contribution is 9.11. The van der Waals surface area contributed by atoms with Crippen molar-refractivity contribution in [3.63, 3.8) is 0 Å². The van der Waals surface area contributed by atoms with Crippen molar-refractivity contribution in [2.24, 2.45) is 11.8 Å². The Balaban J connectivity index is 1.51. The number of esters is 1. The summed E-state index contributed by atoms with van der Waals surface area (Å²) in [6.45, 7) is 5.14. The predicted octanol–water partition coefficient (Wildman–Crippen LogP) is 4.76. The Kier molecular flexibility index (Phi) is 9.86. The zero-order chi connectivity index (χ0) is 34.3. The summed E-state index contributed by atoms with van der Waals surface area (Å²) in [7, 11) is 0. The molecule has 2 N–H and O–H groups in total. The number of aliphatic hydroxyl groups is 1. The van der Waals surface area contributed by atoms with Gasteiger partial charge in [-0.25, -0.2) is 0 Å². The maximum Gasteiger partial charge on any atom is 0.313 e. The third-order valence-corrected chi connectivity index (χ3v) is 10.9. The molecule has 4 aliphatic rings. The second-order valence-corrected chi connectivity index (χ2v) is 14.1. The highest BCUT2D eigenvalue weighted by Gasteiger charge is 2.75. The van der Waals surface area contributed by atoms with Crippen molar-refractivity contribution >= 4 is 56.9 Å². The molecule has 0 radical (unpaired) electrons. The lowest BCUT2D eigenvalue weighted by atomic mass is 9.74. The third kappa shape index (κ3) is 5.78. The number of cyclic esters (lactones) is 1. The van der Waals surface area contributed by atoms with Gasteiger partial charge in [0.1, 0.15) is 29.8 Å². The molecular formula is C36H39BrClN3O7. The Morgan fingerprint density at radius 1 is 1.06 bits per heavy atom. The number of carbonyl (C=O) groups is 4. The molecule has 5 bridgehead atoms. The second kappa shape index (κ2) is 13.8. The molecule has 0 unspecified atom stereocenters. The van der Waals surface area contributed by atoms with Crippen molar-refractivity contribution in [1.29, 1.82) is 0 Å². The Hall–Kier alpha value is -3.51. The lowest BCUT2D eigenvalue weighted by Gasteiger charge is -2.39. The largest absolute Gasteiger partial charge is 0.455 e. The summed E-state index contributed by atoms with van der Waals surface area (Å²) in [5.41, 5.74) is 0.357. The fraction of sp³-hybridized carbons (Fsp3) is 0.444. The van der Waals surface area contributed by atoms with Crippen LogP contribution in [0.1, 0.15) is 50.3 Å². The Labute approximate surface area is 293 Å². The molecule has 2 aromatic carbocycles. The van der Waals surface area contributed by atoms with E-state index in [1.807, 2.05) is 56.3 Å². The van der Waals surface area contributed by atoms with E-state index < -0.39 is 72.2 Å². The molecule has 2 aromatic rings. The smallest absolute Gasteiger partial charge is 0.313 e. The van der Waals surface area contributed by atoms with Gasteiger partial charge in [0.15, 0.2) is 0 Å². The molecule has 2 saturated heterocycles. The molecule has 3 amide bonds. The molecule has 8 atom stereocenters. The third-order valence-electron chi connectivity index (χ3n) is 9.88. The van der Waals surface area contributed by atoms with E-state index in [-0.39, 0.29) is 18.9 Å². The quantitative estimate of drug-likeness (QED) is 0.335. The van der Waals surface area contributed by atoms with Crippen LogP contribution in [0.3, 0.4) is 0 Å². The molecular weight excluding hydrogens is 702 g/mol. The normalized spacial score (nSPS) is 32.1. The summed E-state index contributed by atoms with van der Waals surface area (Å²) in [4.78, 5) is 60.1. The van der Waals surface area contributed by atoms with Gasteiger partial charge in [-0.2, -0.15) is 0 Å². The van der Waals surface area contributed by atoms with Gasteiger partial charge in [0.25, 0.3) is 5.91 Å². The van der Waals surface area contributed by atoms with Crippen LogP contribution in [0.5, 0.6) is 0 Å². The highest BCUT2D eigenvalue weighted by Crippen LogP contribution is 2.59. The standard InChI is InChI=1S/C36H39BrClN3O7/c1-4-23(19-42)41-32-34(45)40(29-20(2)12-11-15-25(29)38)17-10-6-9-16-26(43)39-21(3)30(22-13-7-5-8-14-22)47-35(46)27-28(33(41)44)36(32)18-24(37)31(27)48-36/h5-8,10-15,18,21,23,27-28,30-32,42H,4,9,16-17,19H2,1-3H3,(H,39,43)/b10-6-/t21-,23+,27+,28-,30+,31+,32+,36-/m1/s1. The molecule has 0 aromatic heterocycles. The summed E-state index contributed by atoms with van der Waals surface area (Å²) >= 11 is 10.3. The summed E-state index contributed by atoms with van der Waals surface area (Å²) in [5.74, 6) is -4.06. The number of ether oxygens (including phenoxy) is 2. The Bertz CT molecular complexity index is 1640. The maximum absolute atomic E-state index is 15.1. The van der Waals surface area contributed by atoms with Crippen LogP contribution >= 0.6 is 27.5 Å². The number of nitrogens with zero attached hydrogens (tertiary/aromatic N) is 2. The van der Waals surface area contributed by atoms with E-state index in [9.17, 15) is 19.5 Å². The molecule has 2 fully saturated rings. The Morgan fingerprint density at radius 3 is 2.50 bits per heavy atom.